The van der Waals surface area contributed by atoms with E-state index >= 15 is 0 Å². The zero-order valence-corrected chi connectivity index (χ0v) is 16.9. The summed E-state index contributed by atoms with van der Waals surface area (Å²) in [4.78, 5) is 12.5. The predicted molar refractivity (Wildman–Crippen MR) is 104 cm³/mol. The molecule has 0 spiro atoms. The van der Waals surface area contributed by atoms with Crippen molar-refractivity contribution in [2.75, 3.05) is 32.4 Å². The fraction of sp³-hybridized carbons (Fsp3) is 0.316. The number of hydrogen-bond acceptors (Lipinski definition) is 7. The standard InChI is InChI=1S/C19H23NO7S/c1-5-28(23,24)13-7-8-15(21)14(11-13)20-17(22)10-12-6-9-16(25-2)19(27-4)18(12)26-3/h6-9,11,21H,5,10H2,1-4H3,(H,20,22). The molecule has 0 saturated carbocycles. The molecule has 152 valence electrons. The maximum absolute atomic E-state index is 12.5. The normalized spacial score (nSPS) is 11.0. The highest BCUT2D eigenvalue weighted by atomic mass is 32.2. The molecule has 0 aromatic heterocycles. The van der Waals surface area contributed by atoms with Crippen LogP contribution in [0.1, 0.15) is 12.5 Å². The monoisotopic (exact) mass is 409 g/mol. The number of ether oxygens (including phenoxy) is 3. The third-order valence-corrected chi connectivity index (χ3v) is 5.85. The Hall–Kier alpha value is -2.94. The number of hydrogen-bond donors (Lipinski definition) is 2. The topological polar surface area (TPSA) is 111 Å². The predicted octanol–water partition coefficient (Wildman–Crippen LogP) is 2.39. The van der Waals surface area contributed by atoms with Crippen LogP contribution in [0.25, 0.3) is 0 Å². The number of rotatable bonds is 8. The number of anilines is 1. The highest BCUT2D eigenvalue weighted by Gasteiger charge is 2.19. The average Bonchev–Trinajstić information content (AvgIpc) is 2.68. The first-order valence-corrected chi connectivity index (χ1v) is 10.1. The Morgan fingerprint density at radius 2 is 1.71 bits per heavy atom. The van der Waals surface area contributed by atoms with Gasteiger partial charge in [0, 0.05) is 5.56 Å². The Morgan fingerprint density at radius 3 is 2.29 bits per heavy atom. The molecular weight excluding hydrogens is 386 g/mol. The largest absolute Gasteiger partial charge is 0.506 e. The maximum atomic E-state index is 12.5. The SMILES string of the molecule is CCS(=O)(=O)c1ccc(O)c(NC(=O)Cc2ccc(OC)c(OC)c2OC)c1. The molecule has 0 saturated heterocycles. The van der Waals surface area contributed by atoms with Crippen LogP contribution >= 0.6 is 0 Å². The summed E-state index contributed by atoms with van der Waals surface area (Å²) in [6.07, 6.45) is -0.0896. The van der Waals surface area contributed by atoms with Crippen molar-refractivity contribution in [2.24, 2.45) is 0 Å². The molecule has 1 amide bonds. The molecule has 2 aromatic carbocycles. The lowest BCUT2D eigenvalue weighted by molar-refractivity contribution is -0.115. The molecular formula is C19H23NO7S. The van der Waals surface area contributed by atoms with Crippen LogP contribution < -0.4 is 19.5 Å². The summed E-state index contributed by atoms with van der Waals surface area (Å²) in [5.74, 6) is 0.375. The van der Waals surface area contributed by atoms with Crippen LogP contribution in [0.4, 0.5) is 5.69 Å². The molecule has 0 atom stereocenters. The van der Waals surface area contributed by atoms with Crippen LogP contribution in [0.15, 0.2) is 35.2 Å². The molecule has 2 N–H and O–H groups in total. The molecule has 2 rings (SSSR count). The zero-order valence-electron chi connectivity index (χ0n) is 16.1. The second-order valence-electron chi connectivity index (χ2n) is 5.80. The molecule has 0 bridgehead atoms. The third kappa shape index (κ3) is 4.48. The van der Waals surface area contributed by atoms with Gasteiger partial charge < -0.3 is 24.6 Å². The van der Waals surface area contributed by atoms with Gasteiger partial charge in [-0.05, 0) is 24.3 Å². The lowest BCUT2D eigenvalue weighted by Crippen LogP contribution is -2.16. The molecule has 0 radical (unpaired) electrons. The number of phenols is 1. The number of benzene rings is 2. The summed E-state index contributed by atoms with van der Waals surface area (Å²) < 4.78 is 39.9. The van der Waals surface area contributed by atoms with Crippen LogP contribution in [0.5, 0.6) is 23.0 Å². The fourth-order valence-electron chi connectivity index (χ4n) is 2.65. The van der Waals surface area contributed by atoms with E-state index in [1.54, 1.807) is 12.1 Å². The van der Waals surface area contributed by atoms with Gasteiger partial charge >= 0.3 is 0 Å². The number of sulfone groups is 1. The van der Waals surface area contributed by atoms with E-state index in [-0.39, 0.29) is 28.5 Å². The van der Waals surface area contributed by atoms with Crippen LogP contribution in [0.3, 0.4) is 0 Å². The van der Waals surface area contributed by atoms with Gasteiger partial charge in [0.05, 0.1) is 44.1 Å². The quantitative estimate of drug-likeness (QED) is 0.644. The molecule has 0 heterocycles. The van der Waals surface area contributed by atoms with Crippen molar-refractivity contribution < 1.29 is 32.5 Å². The lowest BCUT2D eigenvalue weighted by atomic mass is 10.1. The average molecular weight is 409 g/mol. The van der Waals surface area contributed by atoms with E-state index < -0.39 is 15.7 Å². The molecule has 2 aromatic rings. The Kier molecular flexibility index (Phi) is 6.74. The summed E-state index contributed by atoms with van der Waals surface area (Å²) >= 11 is 0. The molecule has 0 unspecified atom stereocenters. The Bertz CT molecular complexity index is 970. The minimum Gasteiger partial charge on any atom is -0.506 e. The maximum Gasteiger partial charge on any atom is 0.229 e. The van der Waals surface area contributed by atoms with E-state index in [1.807, 2.05) is 0 Å². The highest BCUT2D eigenvalue weighted by Crippen LogP contribution is 2.40. The molecule has 0 aliphatic carbocycles. The van der Waals surface area contributed by atoms with E-state index in [0.717, 1.165) is 0 Å². The number of methoxy groups -OCH3 is 3. The lowest BCUT2D eigenvalue weighted by Gasteiger charge is -2.16. The first kappa shape index (κ1) is 21.4. The molecule has 0 aliphatic heterocycles. The van der Waals surface area contributed by atoms with Gasteiger partial charge in [-0.2, -0.15) is 0 Å². The molecule has 9 heteroatoms. The van der Waals surface area contributed by atoms with Gasteiger partial charge in [0.1, 0.15) is 5.75 Å². The van der Waals surface area contributed by atoms with E-state index in [2.05, 4.69) is 5.32 Å². The van der Waals surface area contributed by atoms with Gasteiger partial charge in [-0.15, -0.1) is 0 Å². The van der Waals surface area contributed by atoms with Gasteiger partial charge in [0.25, 0.3) is 0 Å². The number of aromatic hydroxyl groups is 1. The minimum atomic E-state index is -3.47. The minimum absolute atomic E-state index is 0.0129. The van der Waals surface area contributed by atoms with Crippen LogP contribution in [-0.4, -0.2) is 46.5 Å². The Balaban J connectivity index is 2.29. The zero-order chi connectivity index (χ0) is 20.9. The number of nitrogens with one attached hydrogen (secondary N) is 1. The van der Waals surface area contributed by atoms with Gasteiger partial charge in [-0.25, -0.2) is 8.42 Å². The summed E-state index contributed by atoms with van der Waals surface area (Å²) in [5, 5.41) is 12.5. The molecule has 0 fully saturated rings. The fourth-order valence-corrected chi connectivity index (χ4v) is 3.55. The van der Waals surface area contributed by atoms with Gasteiger partial charge in [-0.1, -0.05) is 13.0 Å². The number of carbonyl (C=O) groups excluding carboxylic acids is 1. The Morgan fingerprint density at radius 1 is 1.04 bits per heavy atom. The Labute approximate surface area is 164 Å². The number of carbonyl (C=O) groups is 1. The van der Waals surface area contributed by atoms with Crippen LogP contribution in [0.2, 0.25) is 0 Å². The van der Waals surface area contributed by atoms with Gasteiger partial charge in [0.15, 0.2) is 21.3 Å². The summed E-state index contributed by atoms with van der Waals surface area (Å²) in [6, 6.07) is 7.07. The third-order valence-electron chi connectivity index (χ3n) is 4.12. The van der Waals surface area contributed by atoms with Gasteiger partial charge in [0.2, 0.25) is 11.7 Å². The van der Waals surface area contributed by atoms with Crippen molar-refractivity contribution in [3.63, 3.8) is 0 Å². The number of phenolic OH excluding ortho intramolecular Hbond substituents is 1. The van der Waals surface area contributed by atoms with E-state index in [4.69, 9.17) is 14.2 Å². The second-order valence-corrected chi connectivity index (χ2v) is 8.08. The first-order valence-electron chi connectivity index (χ1n) is 8.40. The highest BCUT2D eigenvalue weighted by molar-refractivity contribution is 7.91. The van der Waals surface area contributed by atoms with Crippen molar-refractivity contribution in [1.29, 1.82) is 0 Å². The second kappa shape index (κ2) is 8.83. The van der Waals surface area contributed by atoms with Gasteiger partial charge in [-0.3, -0.25) is 4.79 Å². The van der Waals surface area contributed by atoms with Crippen molar-refractivity contribution in [3.05, 3.63) is 35.9 Å². The van der Waals surface area contributed by atoms with Crippen molar-refractivity contribution in [2.45, 2.75) is 18.2 Å². The van der Waals surface area contributed by atoms with Crippen LogP contribution in [-0.2, 0) is 21.1 Å². The van der Waals surface area contributed by atoms with Crippen LogP contribution in [0, 0.1) is 0 Å². The molecule has 8 nitrogen and oxygen atoms in total. The molecule has 0 aliphatic rings. The smallest absolute Gasteiger partial charge is 0.229 e. The summed E-state index contributed by atoms with van der Waals surface area (Å²) in [5.41, 5.74) is 0.549. The summed E-state index contributed by atoms with van der Waals surface area (Å²) in [7, 11) is 0.926. The van der Waals surface area contributed by atoms with Crippen molar-refractivity contribution in [3.8, 4) is 23.0 Å². The van der Waals surface area contributed by atoms with E-state index in [9.17, 15) is 18.3 Å². The number of amides is 1. The summed E-state index contributed by atoms with van der Waals surface area (Å²) in [6.45, 7) is 1.52. The van der Waals surface area contributed by atoms with E-state index in [0.29, 0.717) is 22.8 Å². The van der Waals surface area contributed by atoms with Crippen molar-refractivity contribution >= 4 is 21.4 Å². The van der Waals surface area contributed by atoms with E-state index in [1.165, 1.54) is 46.5 Å². The molecule has 28 heavy (non-hydrogen) atoms. The van der Waals surface area contributed by atoms with Crippen molar-refractivity contribution in [1.82, 2.24) is 0 Å². The first-order chi connectivity index (χ1) is 13.3.